The van der Waals surface area contributed by atoms with Crippen molar-refractivity contribution in [2.45, 2.75) is 19.4 Å². The van der Waals surface area contributed by atoms with E-state index in [0.717, 1.165) is 30.0 Å². The highest BCUT2D eigenvalue weighted by molar-refractivity contribution is 9.09. The molecule has 1 aromatic rings. The van der Waals surface area contributed by atoms with Crippen LogP contribution in [-0.4, -0.2) is 17.3 Å². The van der Waals surface area contributed by atoms with Crippen LogP contribution in [0.5, 0.6) is 0 Å². The summed E-state index contributed by atoms with van der Waals surface area (Å²) in [6.07, 6.45) is 0.754. The van der Waals surface area contributed by atoms with E-state index in [1.807, 2.05) is 6.92 Å². The predicted molar refractivity (Wildman–Crippen MR) is 61.7 cm³/mol. The van der Waals surface area contributed by atoms with Crippen molar-refractivity contribution in [2.24, 2.45) is 0 Å². The summed E-state index contributed by atoms with van der Waals surface area (Å²) >= 11 is 3.25. The maximum Gasteiger partial charge on any atom is 0.251 e. The molecule has 1 atom stereocenters. The Morgan fingerprint density at radius 1 is 1.38 bits per heavy atom. The number of nitrogens with one attached hydrogen (secondary N) is 1. The molecule has 0 heterocycles. The normalized spacial score (nSPS) is 12.2. The Bertz CT molecular complexity index is 364. The Hall–Kier alpha value is -0.970. The minimum absolute atomic E-state index is 0.000998. The van der Waals surface area contributed by atoms with Gasteiger partial charge in [0.1, 0.15) is 11.6 Å². The van der Waals surface area contributed by atoms with E-state index < -0.39 is 17.5 Å². The van der Waals surface area contributed by atoms with Crippen LogP contribution in [0, 0.1) is 11.6 Å². The molecule has 0 aromatic heterocycles. The standard InChI is InChI=1S/C11H12BrF2NO/c1-7(2-3-12)15-11(16)8-4-9(13)6-10(14)5-8/h4-7H,2-3H2,1H3,(H,15,16). The molecule has 0 saturated heterocycles. The SMILES string of the molecule is CC(CCBr)NC(=O)c1cc(F)cc(F)c1. The van der Waals surface area contributed by atoms with E-state index in [0.29, 0.717) is 0 Å². The number of rotatable bonds is 4. The van der Waals surface area contributed by atoms with Gasteiger partial charge >= 0.3 is 0 Å². The van der Waals surface area contributed by atoms with E-state index in [-0.39, 0.29) is 11.6 Å². The van der Waals surface area contributed by atoms with Gasteiger partial charge in [-0.1, -0.05) is 15.9 Å². The molecule has 1 amide bonds. The lowest BCUT2D eigenvalue weighted by Crippen LogP contribution is -2.32. The van der Waals surface area contributed by atoms with Crippen molar-refractivity contribution in [3.8, 4) is 0 Å². The van der Waals surface area contributed by atoms with Gasteiger partial charge in [-0.2, -0.15) is 0 Å². The average Bonchev–Trinajstić information content (AvgIpc) is 2.16. The average molecular weight is 292 g/mol. The lowest BCUT2D eigenvalue weighted by molar-refractivity contribution is 0.0938. The van der Waals surface area contributed by atoms with Crippen molar-refractivity contribution in [2.75, 3.05) is 5.33 Å². The fraction of sp³-hybridized carbons (Fsp3) is 0.364. The molecule has 1 rings (SSSR count). The summed E-state index contributed by atoms with van der Waals surface area (Å²) in [6, 6.07) is 2.72. The van der Waals surface area contributed by atoms with E-state index in [2.05, 4.69) is 21.2 Å². The van der Waals surface area contributed by atoms with Gasteiger partial charge in [0.2, 0.25) is 0 Å². The minimum Gasteiger partial charge on any atom is -0.350 e. The highest BCUT2D eigenvalue weighted by Crippen LogP contribution is 2.08. The number of halogens is 3. The number of benzene rings is 1. The van der Waals surface area contributed by atoms with Gasteiger partial charge < -0.3 is 5.32 Å². The second kappa shape index (κ2) is 5.94. The minimum atomic E-state index is -0.752. The largest absolute Gasteiger partial charge is 0.350 e. The molecule has 1 N–H and O–H groups in total. The van der Waals surface area contributed by atoms with Gasteiger partial charge in [-0.05, 0) is 25.5 Å². The predicted octanol–water partition coefficient (Wildman–Crippen LogP) is 2.87. The van der Waals surface area contributed by atoms with Crippen LogP contribution in [0.3, 0.4) is 0 Å². The summed E-state index contributed by atoms with van der Waals surface area (Å²) in [6.45, 7) is 1.83. The number of hydrogen-bond acceptors (Lipinski definition) is 1. The third-order valence-corrected chi connectivity index (χ3v) is 2.50. The summed E-state index contributed by atoms with van der Waals surface area (Å²) in [5, 5.41) is 3.41. The molecule has 0 radical (unpaired) electrons. The second-order valence-electron chi connectivity index (χ2n) is 3.51. The number of amides is 1. The van der Waals surface area contributed by atoms with Crippen molar-refractivity contribution in [1.29, 1.82) is 0 Å². The Kier molecular flexibility index (Phi) is 4.86. The van der Waals surface area contributed by atoms with E-state index in [1.54, 1.807) is 0 Å². The van der Waals surface area contributed by atoms with Crippen molar-refractivity contribution in [3.63, 3.8) is 0 Å². The zero-order valence-electron chi connectivity index (χ0n) is 8.77. The number of hydrogen-bond donors (Lipinski definition) is 1. The molecule has 5 heteroatoms. The number of carbonyl (C=O) groups is 1. The lowest BCUT2D eigenvalue weighted by atomic mass is 10.1. The van der Waals surface area contributed by atoms with Crippen molar-refractivity contribution < 1.29 is 13.6 Å². The first-order chi connectivity index (χ1) is 7.52. The molecule has 0 aliphatic carbocycles. The molecule has 2 nitrogen and oxygen atoms in total. The van der Waals surface area contributed by atoms with Gasteiger partial charge in [0.15, 0.2) is 0 Å². The monoisotopic (exact) mass is 291 g/mol. The molecule has 1 aromatic carbocycles. The quantitative estimate of drug-likeness (QED) is 0.849. The summed E-state index contributed by atoms with van der Waals surface area (Å²) in [5.41, 5.74) is -0.000998. The molecule has 1 unspecified atom stereocenters. The van der Waals surface area contributed by atoms with Gasteiger partial charge in [0.05, 0.1) is 0 Å². The number of carbonyl (C=O) groups excluding carboxylic acids is 1. The topological polar surface area (TPSA) is 29.1 Å². The summed E-state index contributed by atoms with van der Waals surface area (Å²) in [7, 11) is 0. The molecule has 0 bridgehead atoms. The fourth-order valence-electron chi connectivity index (χ4n) is 1.23. The molecule has 0 fully saturated rings. The van der Waals surface area contributed by atoms with E-state index >= 15 is 0 Å². The van der Waals surface area contributed by atoms with E-state index in [1.165, 1.54) is 0 Å². The van der Waals surface area contributed by atoms with Gasteiger partial charge in [0.25, 0.3) is 5.91 Å². The molecule has 88 valence electrons. The highest BCUT2D eigenvalue weighted by Gasteiger charge is 2.11. The summed E-state index contributed by atoms with van der Waals surface area (Å²) in [4.78, 5) is 11.6. The Morgan fingerprint density at radius 2 is 1.94 bits per heavy atom. The zero-order chi connectivity index (χ0) is 12.1. The van der Waals surface area contributed by atoms with Gasteiger partial charge in [-0.25, -0.2) is 8.78 Å². The lowest BCUT2D eigenvalue weighted by Gasteiger charge is -2.12. The molecule has 0 aliphatic rings. The van der Waals surface area contributed by atoms with Crippen molar-refractivity contribution >= 4 is 21.8 Å². The maximum atomic E-state index is 12.8. The molecule has 0 spiro atoms. The van der Waals surface area contributed by atoms with Crippen molar-refractivity contribution in [1.82, 2.24) is 5.32 Å². The van der Waals surface area contributed by atoms with Crippen LogP contribution >= 0.6 is 15.9 Å². The zero-order valence-corrected chi connectivity index (χ0v) is 10.4. The molecular weight excluding hydrogens is 280 g/mol. The Labute approximate surface area is 101 Å². The van der Waals surface area contributed by atoms with E-state index in [4.69, 9.17) is 0 Å². The van der Waals surface area contributed by atoms with Crippen LogP contribution in [0.15, 0.2) is 18.2 Å². The van der Waals surface area contributed by atoms with Crippen LogP contribution in [0.2, 0.25) is 0 Å². The first-order valence-electron chi connectivity index (χ1n) is 4.86. The van der Waals surface area contributed by atoms with Gasteiger partial charge in [0, 0.05) is 23.0 Å². The third-order valence-electron chi connectivity index (χ3n) is 2.04. The molecule has 0 aliphatic heterocycles. The van der Waals surface area contributed by atoms with Crippen LogP contribution < -0.4 is 5.32 Å². The molecular formula is C11H12BrF2NO. The summed E-state index contributed by atoms with van der Waals surface area (Å²) in [5.74, 6) is -1.97. The number of alkyl halides is 1. The second-order valence-corrected chi connectivity index (χ2v) is 4.30. The van der Waals surface area contributed by atoms with Crippen molar-refractivity contribution in [3.05, 3.63) is 35.4 Å². The third kappa shape index (κ3) is 3.89. The summed E-state index contributed by atoms with van der Waals surface area (Å²) < 4.78 is 25.7. The van der Waals surface area contributed by atoms with Gasteiger partial charge in [-0.15, -0.1) is 0 Å². The van der Waals surface area contributed by atoms with Crippen LogP contribution in [0.1, 0.15) is 23.7 Å². The smallest absolute Gasteiger partial charge is 0.251 e. The Balaban J connectivity index is 2.72. The van der Waals surface area contributed by atoms with Crippen LogP contribution in [-0.2, 0) is 0 Å². The van der Waals surface area contributed by atoms with Crippen LogP contribution in [0.25, 0.3) is 0 Å². The fourth-order valence-corrected chi connectivity index (χ4v) is 1.91. The van der Waals surface area contributed by atoms with Gasteiger partial charge in [-0.3, -0.25) is 4.79 Å². The highest BCUT2D eigenvalue weighted by atomic mass is 79.9. The first kappa shape index (κ1) is 13.1. The maximum absolute atomic E-state index is 12.8. The molecule has 0 saturated carbocycles. The first-order valence-corrected chi connectivity index (χ1v) is 5.98. The molecule has 16 heavy (non-hydrogen) atoms. The Morgan fingerprint density at radius 3 is 2.44 bits per heavy atom. The van der Waals surface area contributed by atoms with E-state index in [9.17, 15) is 13.6 Å². The van der Waals surface area contributed by atoms with Crippen LogP contribution in [0.4, 0.5) is 8.78 Å².